The van der Waals surface area contributed by atoms with Crippen LogP contribution < -0.4 is 0 Å². The van der Waals surface area contributed by atoms with E-state index >= 15 is 0 Å². The Labute approximate surface area is 153 Å². The predicted octanol–water partition coefficient (Wildman–Crippen LogP) is 1.22. The average molecular weight is 358 g/mol. The van der Waals surface area contributed by atoms with Gasteiger partial charge in [-0.15, -0.1) is 0 Å². The lowest BCUT2D eigenvalue weighted by Gasteiger charge is -2.38. The molecule has 2 fully saturated rings. The highest BCUT2D eigenvalue weighted by molar-refractivity contribution is 6.04. The molecule has 3 heterocycles. The van der Waals surface area contributed by atoms with Crippen molar-refractivity contribution in [3.8, 4) is 0 Å². The number of benzene rings is 1. The Morgan fingerprint density at radius 3 is 2.85 bits per heavy atom. The van der Waals surface area contributed by atoms with Gasteiger partial charge in [-0.3, -0.25) is 9.69 Å². The summed E-state index contributed by atoms with van der Waals surface area (Å²) in [4.78, 5) is 24.1. The van der Waals surface area contributed by atoms with Crippen LogP contribution in [0.1, 0.15) is 16.2 Å². The molecule has 2 aliphatic heterocycles. The molecule has 0 saturated carbocycles. The maximum atomic E-state index is 13.1. The summed E-state index contributed by atoms with van der Waals surface area (Å²) in [5, 5.41) is 0. The fourth-order valence-electron chi connectivity index (χ4n) is 3.74. The molecule has 0 bridgehead atoms. The molecule has 26 heavy (non-hydrogen) atoms. The van der Waals surface area contributed by atoms with Crippen LogP contribution in [0.3, 0.4) is 0 Å². The van der Waals surface area contributed by atoms with E-state index in [0.717, 1.165) is 32.7 Å². The number of nitrogens with zero attached hydrogens (tertiary/aromatic N) is 4. The van der Waals surface area contributed by atoms with Gasteiger partial charge in [-0.1, -0.05) is 6.07 Å². The highest BCUT2D eigenvalue weighted by Crippen LogP contribution is 2.22. The summed E-state index contributed by atoms with van der Waals surface area (Å²) in [7, 11) is 2.15. The standard InChI is InChI=1S/C19H26N4O3/c1-14-20-18-16(4-3-5-17(18)26-14)19(24)23-10-11-25-15(13-23)12-22-8-6-21(2)7-9-22/h3-5,15H,6-13H2,1-2H3. The Hall–Kier alpha value is -1.96. The van der Waals surface area contributed by atoms with Gasteiger partial charge >= 0.3 is 0 Å². The molecule has 1 atom stereocenters. The van der Waals surface area contributed by atoms with Crippen LogP contribution in [-0.2, 0) is 4.74 Å². The molecule has 4 rings (SSSR count). The fraction of sp³-hybridized carbons (Fsp3) is 0.579. The van der Waals surface area contributed by atoms with Crippen LogP contribution in [0.5, 0.6) is 0 Å². The number of piperazine rings is 1. The molecule has 0 N–H and O–H groups in total. The predicted molar refractivity (Wildman–Crippen MR) is 98.3 cm³/mol. The number of carbonyl (C=O) groups is 1. The maximum absolute atomic E-state index is 13.1. The molecule has 0 radical (unpaired) electrons. The van der Waals surface area contributed by atoms with E-state index in [2.05, 4.69) is 21.8 Å². The normalized spacial score (nSPS) is 22.8. The molecule has 1 unspecified atom stereocenters. The third-order valence-corrected chi connectivity index (χ3v) is 5.24. The second kappa shape index (κ2) is 7.34. The molecule has 0 spiro atoms. The second-order valence-electron chi connectivity index (χ2n) is 7.23. The zero-order valence-corrected chi connectivity index (χ0v) is 15.5. The van der Waals surface area contributed by atoms with Crippen molar-refractivity contribution in [2.24, 2.45) is 0 Å². The minimum atomic E-state index is 0.00979. The van der Waals surface area contributed by atoms with E-state index in [1.54, 1.807) is 6.92 Å². The van der Waals surface area contributed by atoms with Gasteiger partial charge in [-0.25, -0.2) is 4.98 Å². The van der Waals surface area contributed by atoms with E-state index in [1.165, 1.54) is 0 Å². The Balaban J connectivity index is 1.44. The van der Waals surface area contributed by atoms with Crippen LogP contribution in [-0.4, -0.2) is 91.2 Å². The minimum Gasteiger partial charge on any atom is -0.441 e. The molecule has 2 aliphatic rings. The Kier molecular flexibility index (Phi) is 4.93. The second-order valence-corrected chi connectivity index (χ2v) is 7.23. The SMILES string of the molecule is Cc1nc2c(C(=O)N3CCOC(CN4CCN(C)CC4)C3)cccc2o1. The lowest BCUT2D eigenvalue weighted by atomic mass is 10.1. The van der Waals surface area contributed by atoms with E-state index in [0.29, 0.717) is 42.3 Å². The molecular formula is C19H26N4O3. The highest BCUT2D eigenvalue weighted by Gasteiger charge is 2.28. The number of amides is 1. The molecule has 2 aromatic rings. The van der Waals surface area contributed by atoms with E-state index in [9.17, 15) is 4.79 Å². The zero-order valence-electron chi connectivity index (χ0n) is 15.5. The van der Waals surface area contributed by atoms with E-state index in [-0.39, 0.29) is 12.0 Å². The first-order valence-electron chi connectivity index (χ1n) is 9.28. The van der Waals surface area contributed by atoms with E-state index in [4.69, 9.17) is 9.15 Å². The molecule has 2 saturated heterocycles. The molecular weight excluding hydrogens is 332 g/mol. The number of oxazole rings is 1. The smallest absolute Gasteiger partial charge is 0.256 e. The van der Waals surface area contributed by atoms with Crippen molar-refractivity contribution >= 4 is 17.0 Å². The van der Waals surface area contributed by atoms with Gasteiger partial charge in [0, 0.05) is 52.7 Å². The van der Waals surface area contributed by atoms with Crippen LogP contribution in [0.25, 0.3) is 11.1 Å². The van der Waals surface area contributed by atoms with Gasteiger partial charge in [-0.2, -0.15) is 0 Å². The Morgan fingerprint density at radius 2 is 2.04 bits per heavy atom. The number of likely N-dealkylation sites (N-methyl/N-ethyl adjacent to an activating group) is 1. The number of rotatable bonds is 3. The van der Waals surface area contributed by atoms with Gasteiger partial charge in [0.05, 0.1) is 18.3 Å². The first-order chi connectivity index (χ1) is 12.6. The van der Waals surface area contributed by atoms with E-state index in [1.807, 2.05) is 23.1 Å². The number of aryl methyl sites for hydroxylation is 1. The third kappa shape index (κ3) is 3.60. The van der Waals surface area contributed by atoms with Crippen LogP contribution in [0, 0.1) is 6.92 Å². The largest absolute Gasteiger partial charge is 0.441 e. The highest BCUT2D eigenvalue weighted by atomic mass is 16.5. The number of aromatic nitrogens is 1. The number of morpholine rings is 1. The Morgan fingerprint density at radius 1 is 1.23 bits per heavy atom. The summed E-state index contributed by atoms with van der Waals surface area (Å²) >= 11 is 0. The maximum Gasteiger partial charge on any atom is 0.256 e. The summed E-state index contributed by atoms with van der Waals surface area (Å²) in [6, 6.07) is 5.53. The summed E-state index contributed by atoms with van der Waals surface area (Å²) in [6.45, 7) is 8.79. The van der Waals surface area contributed by atoms with Crippen molar-refractivity contribution in [2.45, 2.75) is 13.0 Å². The first kappa shape index (κ1) is 17.5. The van der Waals surface area contributed by atoms with Crippen molar-refractivity contribution in [2.75, 3.05) is 59.5 Å². The van der Waals surface area contributed by atoms with Crippen molar-refractivity contribution in [1.29, 1.82) is 0 Å². The van der Waals surface area contributed by atoms with Gasteiger partial charge in [0.2, 0.25) is 0 Å². The lowest BCUT2D eigenvalue weighted by molar-refractivity contribution is -0.0399. The number of hydrogen-bond donors (Lipinski definition) is 0. The number of para-hydroxylation sites is 1. The zero-order chi connectivity index (χ0) is 18.1. The summed E-state index contributed by atoms with van der Waals surface area (Å²) < 4.78 is 11.5. The van der Waals surface area contributed by atoms with Crippen LogP contribution in [0.15, 0.2) is 22.6 Å². The van der Waals surface area contributed by atoms with Crippen molar-refractivity contribution < 1.29 is 13.9 Å². The van der Waals surface area contributed by atoms with E-state index < -0.39 is 0 Å². The number of ether oxygens (including phenoxy) is 1. The topological polar surface area (TPSA) is 62.1 Å². The van der Waals surface area contributed by atoms with Crippen LogP contribution in [0.2, 0.25) is 0 Å². The van der Waals surface area contributed by atoms with Gasteiger partial charge in [-0.05, 0) is 19.2 Å². The van der Waals surface area contributed by atoms with Crippen molar-refractivity contribution in [1.82, 2.24) is 19.7 Å². The molecule has 140 valence electrons. The van der Waals surface area contributed by atoms with Crippen LogP contribution in [0.4, 0.5) is 0 Å². The fourth-order valence-corrected chi connectivity index (χ4v) is 3.74. The number of fused-ring (bicyclic) bond motifs is 1. The van der Waals surface area contributed by atoms with Crippen molar-refractivity contribution in [3.63, 3.8) is 0 Å². The third-order valence-electron chi connectivity index (χ3n) is 5.24. The quantitative estimate of drug-likeness (QED) is 0.822. The van der Waals surface area contributed by atoms with Gasteiger partial charge in [0.15, 0.2) is 11.5 Å². The van der Waals surface area contributed by atoms with Crippen molar-refractivity contribution in [3.05, 3.63) is 29.7 Å². The Bertz CT molecular complexity index is 782. The average Bonchev–Trinajstić information content (AvgIpc) is 3.03. The molecule has 1 aromatic carbocycles. The van der Waals surface area contributed by atoms with Crippen LogP contribution >= 0.6 is 0 Å². The summed E-state index contributed by atoms with van der Waals surface area (Å²) in [5.41, 5.74) is 1.92. The first-order valence-corrected chi connectivity index (χ1v) is 9.28. The molecule has 7 heteroatoms. The monoisotopic (exact) mass is 358 g/mol. The molecule has 1 amide bonds. The number of carbonyl (C=O) groups excluding carboxylic acids is 1. The van der Waals surface area contributed by atoms with Gasteiger partial charge in [0.1, 0.15) is 5.52 Å². The molecule has 1 aromatic heterocycles. The molecule has 0 aliphatic carbocycles. The molecule has 7 nitrogen and oxygen atoms in total. The summed E-state index contributed by atoms with van der Waals surface area (Å²) in [6.07, 6.45) is 0.0642. The summed E-state index contributed by atoms with van der Waals surface area (Å²) in [5.74, 6) is 0.589. The van der Waals surface area contributed by atoms with Gasteiger partial charge < -0.3 is 19.0 Å². The minimum absolute atomic E-state index is 0.00979. The number of hydrogen-bond acceptors (Lipinski definition) is 6. The lowest BCUT2D eigenvalue weighted by Crippen LogP contribution is -2.52. The van der Waals surface area contributed by atoms with Gasteiger partial charge in [0.25, 0.3) is 5.91 Å².